The zero-order chi connectivity index (χ0) is 23.8. The molecule has 0 bridgehead atoms. The van der Waals surface area contributed by atoms with Crippen molar-refractivity contribution in [2.45, 2.75) is 65.6 Å². The Hall–Kier alpha value is -2.54. The molecule has 2 aliphatic rings. The van der Waals surface area contributed by atoms with E-state index in [-0.39, 0.29) is 12.0 Å². The first kappa shape index (κ1) is 23.6. The summed E-state index contributed by atoms with van der Waals surface area (Å²) in [6.45, 7) is 12.0. The molecule has 0 unspecified atom stereocenters. The summed E-state index contributed by atoms with van der Waals surface area (Å²) in [6, 6.07) is 6.03. The molecule has 1 saturated heterocycles. The van der Waals surface area contributed by atoms with E-state index in [0.717, 1.165) is 60.9 Å². The molecule has 0 spiro atoms. The van der Waals surface area contributed by atoms with Crippen LogP contribution in [0.2, 0.25) is 0 Å². The van der Waals surface area contributed by atoms with Gasteiger partial charge < -0.3 is 23.8 Å². The first-order valence-corrected chi connectivity index (χ1v) is 12.1. The van der Waals surface area contributed by atoms with Crippen LogP contribution in [0.25, 0.3) is 10.9 Å². The molecule has 1 aromatic carbocycles. The topological polar surface area (TPSA) is 64.0 Å². The maximum atomic E-state index is 13.2. The Morgan fingerprint density at radius 1 is 1.09 bits per heavy atom. The number of likely N-dealkylation sites (tertiary alicyclic amines) is 1. The van der Waals surface area contributed by atoms with Crippen LogP contribution in [0, 0.1) is 5.92 Å². The molecule has 0 atom stereocenters. The van der Waals surface area contributed by atoms with E-state index >= 15 is 0 Å². The number of methoxy groups -OCH3 is 1. The Balaban J connectivity index is 1.68. The van der Waals surface area contributed by atoms with Crippen molar-refractivity contribution in [3.8, 4) is 0 Å². The van der Waals surface area contributed by atoms with Crippen molar-refractivity contribution in [1.29, 1.82) is 0 Å². The highest BCUT2D eigenvalue weighted by Gasteiger charge is 2.30. The summed E-state index contributed by atoms with van der Waals surface area (Å²) in [7, 11) is 1.71. The average Bonchev–Trinajstić information content (AvgIpc) is 3.08. The standard InChI is InChI=1S/C26H37N3O4/c1-18-8-11-27(12-9-18)24(30)19-6-7-22-20(16-19)21-17-28(25(31)33-26(2,3)4)13-10-23(21)29(22)14-15-32-5/h6-7,16,18H,8-15,17H2,1-5H3. The lowest BCUT2D eigenvalue weighted by Crippen LogP contribution is -2.40. The van der Waals surface area contributed by atoms with Crippen LogP contribution in [-0.2, 0) is 29.0 Å². The smallest absolute Gasteiger partial charge is 0.410 e. The van der Waals surface area contributed by atoms with Gasteiger partial charge in [-0.3, -0.25) is 4.79 Å². The van der Waals surface area contributed by atoms with Crippen LogP contribution in [-0.4, -0.2) is 65.3 Å². The second-order valence-electron chi connectivity index (χ2n) is 10.4. The van der Waals surface area contributed by atoms with Crippen LogP contribution in [0.4, 0.5) is 4.79 Å². The lowest BCUT2D eigenvalue weighted by atomic mass is 9.98. The Morgan fingerprint density at radius 2 is 1.82 bits per heavy atom. The summed E-state index contributed by atoms with van der Waals surface area (Å²) in [5, 5.41) is 1.05. The molecule has 2 amide bonds. The van der Waals surface area contributed by atoms with E-state index in [2.05, 4.69) is 17.6 Å². The van der Waals surface area contributed by atoms with Gasteiger partial charge in [0.1, 0.15) is 5.60 Å². The SMILES string of the molecule is COCCn1c2c(c3cc(C(=O)N4CCC(C)CC4)ccc31)CN(C(=O)OC(C)(C)C)CC2. The molecule has 33 heavy (non-hydrogen) atoms. The largest absolute Gasteiger partial charge is 0.444 e. The van der Waals surface area contributed by atoms with Crippen LogP contribution in [0.15, 0.2) is 18.2 Å². The number of carbonyl (C=O) groups is 2. The zero-order valence-electron chi connectivity index (χ0n) is 20.6. The Morgan fingerprint density at radius 3 is 2.48 bits per heavy atom. The van der Waals surface area contributed by atoms with Gasteiger partial charge in [-0.05, 0) is 57.7 Å². The number of nitrogens with zero attached hydrogens (tertiary/aromatic N) is 3. The van der Waals surface area contributed by atoms with Crippen molar-refractivity contribution in [1.82, 2.24) is 14.4 Å². The number of hydrogen-bond donors (Lipinski definition) is 0. The quantitative estimate of drug-likeness (QED) is 0.683. The Bertz CT molecular complexity index is 1030. The summed E-state index contributed by atoms with van der Waals surface area (Å²) in [5.74, 6) is 0.777. The fraction of sp³-hybridized carbons (Fsp3) is 0.615. The van der Waals surface area contributed by atoms with Crippen LogP contribution >= 0.6 is 0 Å². The minimum absolute atomic E-state index is 0.0991. The predicted octanol–water partition coefficient (Wildman–Crippen LogP) is 4.45. The first-order valence-electron chi connectivity index (χ1n) is 12.1. The molecule has 4 rings (SSSR count). The molecule has 2 aromatic rings. The van der Waals surface area contributed by atoms with Gasteiger partial charge in [0.25, 0.3) is 5.91 Å². The number of hydrogen-bond acceptors (Lipinski definition) is 4. The molecule has 180 valence electrons. The minimum Gasteiger partial charge on any atom is -0.444 e. The van der Waals surface area contributed by atoms with Gasteiger partial charge in [0.15, 0.2) is 0 Å². The summed E-state index contributed by atoms with van der Waals surface area (Å²) >= 11 is 0. The second kappa shape index (κ2) is 9.37. The highest BCUT2D eigenvalue weighted by atomic mass is 16.6. The second-order valence-corrected chi connectivity index (χ2v) is 10.4. The van der Waals surface area contributed by atoms with Gasteiger partial charge in [0.2, 0.25) is 0 Å². The fourth-order valence-corrected chi connectivity index (χ4v) is 4.90. The molecule has 3 heterocycles. The van der Waals surface area contributed by atoms with Crippen molar-refractivity contribution in [2.75, 3.05) is 33.4 Å². The number of aromatic nitrogens is 1. The molecule has 1 fully saturated rings. The van der Waals surface area contributed by atoms with E-state index in [1.165, 1.54) is 5.69 Å². The highest BCUT2D eigenvalue weighted by Crippen LogP contribution is 2.33. The number of amides is 2. The third-order valence-electron chi connectivity index (χ3n) is 6.74. The molecule has 7 heteroatoms. The molecule has 2 aliphatic heterocycles. The number of rotatable bonds is 4. The Kier molecular flexibility index (Phi) is 6.71. The summed E-state index contributed by atoms with van der Waals surface area (Å²) in [5.41, 5.74) is 3.61. The van der Waals surface area contributed by atoms with Crippen LogP contribution in [0.3, 0.4) is 0 Å². The summed E-state index contributed by atoms with van der Waals surface area (Å²) < 4.78 is 13.3. The normalized spacial score (nSPS) is 17.4. The van der Waals surface area contributed by atoms with Gasteiger partial charge >= 0.3 is 6.09 Å². The number of piperidine rings is 1. The van der Waals surface area contributed by atoms with Crippen molar-refractivity contribution in [2.24, 2.45) is 5.92 Å². The molecule has 0 N–H and O–H groups in total. The lowest BCUT2D eigenvalue weighted by molar-refractivity contribution is 0.0223. The van der Waals surface area contributed by atoms with Gasteiger partial charge in [-0.2, -0.15) is 0 Å². The van der Waals surface area contributed by atoms with Gasteiger partial charge in [-0.15, -0.1) is 0 Å². The van der Waals surface area contributed by atoms with Crippen molar-refractivity contribution in [3.05, 3.63) is 35.0 Å². The van der Waals surface area contributed by atoms with Gasteiger partial charge in [0, 0.05) is 67.4 Å². The van der Waals surface area contributed by atoms with E-state index in [0.29, 0.717) is 25.6 Å². The lowest BCUT2D eigenvalue weighted by Gasteiger charge is -2.31. The van der Waals surface area contributed by atoms with E-state index in [4.69, 9.17) is 9.47 Å². The van der Waals surface area contributed by atoms with Crippen molar-refractivity contribution in [3.63, 3.8) is 0 Å². The Labute approximate surface area is 196 Å². The van der Waals surface area contributed by atoms with Crippen molar-refractivity contribution < 1.29 is 19.1 Å². The summed E-state index contributed by atoms with van der Waals surface area (Å²) in [6.07, 6.45) is 2.57. The number of fused-ring (bicyclic) bond motifs is 3. The number of ether oxygens (including phenoxy) is 2. The highest BCUT2D eigenvalue weighted by molar-refractivity contribution is 5.99. The number of carbonyl (C=O) groups excluding carboxylic acids is 2. The third kappa shape index (κ3) is 5.03. The number of benzene rings is 1. The summed E-state index contributed by atoms with van der Waals surface area (Å²) in [4.78, 5) is 29.8. The van der Waals surface area contributed by atoms with Gasteiger partial charge in [-0.1, -0.05) is 6.92 Å². The maximum absolute atomic E-state index is 13.2. The van der Waals surface area contributed by atoms with E-state index in [1.807, 2.05) is 37.8 Å². The molecule has 0 saturated carbocycles. The van der Waals surface area contributed by atoms with E-state index < -0.39 is 5.60 Å². The molecule has 0 aliphatic carbocycles. The molecule has 0 radical (unpaired) electrons. The van der Waals surface area contributed by atoms with Crippen LogP contribution in [0.1, 0.15) is 62.2 Å². The predicted molar refractivity (Wildman–Crippen MR) is 128 cm³/mol. The molecular formula is C26H37N3O4. The van der Waals surface area contributed by atoms with Crippen molar-refractivity contribution >= 4 is 22.9 Å². The minimum atomic E-state index is -0.532. The van der Waals surface area contributed by atoms with E-state index in [1.54, 1.807) is 12.0 Å². The third-order valence-corrected chi connectivity index (χ3v) is 6.74. The fourth-order valence-electron chi connectivity index (χ4n) is 4.90. The monoisotopic (exact) mass is 455 g/mol. The average molecular weight is 456 g/mol. The van der Waals surface area contributed by atoms with E-state index in [9.17, 15) is 9.59 Å². The van der Waals surface area contributed by atoms with Gasteiger partial charge in [-0.25, -0.2) is 4.79 Å². The maximum Gasteiger partial charge on any atom is 0.410 e. The molecular weight excluding hydrogens is 418 g/mol. The van der Waals surface area contributed by atoms with Crippen LogP contribution in [0.5, 0.6) is 0 Å². The molecule has 7 nitrogen and oxygen atoms in total. The first-order chi connectivity index (χ1) is 15.7. The molecule has 1 aromatic heterocycles. The van der Waals surface area contributed by atoms with Gasteiger partial charge in [0.05, 0.1) is 13.2 Å². The zero-order valence-corrected chi connectivity index (χ0v) is 20.6. The van der Waals surface area contributed by atoms with Crippen LogP contribution < -0.4 is 0 Å².